The van der Waals surface area contributed by atoms with Crippen molar-refractivity contribution in [2.75, 3.05) is 25.9 Å². The first kappa shape index (κ1) is 19.8. The van der Waals surface area contributed by atoms with Crippen LogP contribution in [0.5, 0.6) is 0 Å². The van der Waals surface area contributed by atoms with Gasteiger partial charge in [0.15, 0.2) is 0 Å². The van der Waals surface area contributed by atoms with E-state index in [-0.39, 0.29) is 11.3 Å². The SMILES string of the molecule is CN1CC[C@H](SCC2=NC3=CC(=NC4CCCC4)C=C(F)C3C(=O)N2)[C@@H](F)C1. The molecule has 2 fully saturated rings. The highest BCUT2D eigenvalue weighted by Gasteiger charge is 2.36. The second kappa shape index (κ2) is 8.45. The highest BCUT2D eigenvalue weighted by Crippen LogP contribution is 2.32. The molecule has 0 spiro atoms. The summed E-state index contributed by atoms with van der Waals surface area (Å²) >= 11 is 1.47. The molecule has 4 rings (SSSR count). The molecule has 1 unspecified atom stereocenters. The number of amidine groups is 1. The molecule has 0 radical (unpaired) electrons. The average molecular weight is 409 g/mol. The van der Waals surface area contributed by atoms with Gasteiger partial charge in [-0.3, -0.25) is 9.79 Å². The van der Waals surface area contributed by atoms with Crippen LogP contribution in [0.25, 0.3) is 0 Å². The van der Waals surface area contributed by atoms with Gasteiger partial charge in [-0.1, -0.05) is 12.8 Å². The zero-order valence-electron chi connectivity index (χ0n) is 16.0. The fraction of sp³-hybridized carbons (Fsp3) is 0.650. The van der Waals surface area contributed by atoms with Gasteiger partial charge >= 0.3 is 0 Å². The van der Waals surface area contributed by atoms with Crippen molar-refractivity contribution < 1.29 is 13.6 Å². The van der Waals surface area contributed by atoms with Gasteiger partial charge in [0.1, 0.15) is 23.8 Å². The summed E-state index contributed by atoms with van der Waals surface area (Å²) in [6.07, 6.45) is 7.32. The molecule has 3 atom stereocenters. The minimum Gasteiger partial charge on any atom is -0.313 e. The van der Waals surface area contributed by atoms with Crippen LogP contribution in [0.1, 0.15) is 32.1 Å². The summed E-state index contributed by atoms with van der Waals surface area (Å²) in [6.45, 7) is 1.29. The monoisotopic (exact) mass is 408 g/mol. The minimum absolute atomic E-state index is 0.106. The fourth-order valence-corrected chi connectivity index (χ4v) is 5.27. The summed E-state index contributed by atoms with van der Waals surface area (Å²) in [5.74, 6) is -1.04. The van der Waals surface area contributed by atoms with Gasteiger partial charge in [-0.05, 0) is 45.0 Å². The maximum absolute atomic E-state index is 14.5. The molecule has 1 saturated heterocycles. The van der Waals surface area contributed by atoms with Gasteiger partial charge in [-0.2, -0.15) is 0 Å². The van der Waals surface area contributed by atoms with E-state index < -0.39 is 23.8 Å². The van der Waals surface area contributed by atoms with Crippen LogP contribution < -0.4 is 5.32 Å². The summed E-state index contributed by atoms with van der Waals surface area (Å²) in [5.41, 5.74) is 0.955. The van der Waals surface area contributed by atoms with Crippen molar-refractivity contribution in [3.8, 4) is 0 Å². The van der Waals surface area contributed by atoms with Crippen LogP contribution in [-0.2, 0) is 4.79 Å². The first-order valence-electron chi connectivity index (χ1n) is 9.98. The lowest BCUT2D eigenvalue weighted by atomic mass is 9.94. The number of rotatable bonds is 4. The third-order valence-corrected chi connectivity index (χ3v) is 7.12. The quantitative estimate of drug-likeness (QED) is 0.778. The predicted octanol–water partition coefficient (Wildman–Crippen LogP) is 3.04. The number of halogens is 2. The number of carbonyl (C=O) groups excluding carboxylic acids is 1. The van der Waals surface area contributed by atoms with Gasteiger partial charge in [0.25, 0.3) is 0 Å². The lowest BCUT2D eigenvalue weighted by Crippen LogP contribution is -2.44. The van der Waals surface area contributed by atoms with E-state index in [4.69, 9.17) is 0 Å². The average Bonchev–Trinajstić information content (AvgIpc) is 3.13. The molecule has 2 heterocycles. The Hall–Kier alpha value is -1.54. The zero-order chi connectivity index (χ0) is 19.7. The number of aliphatic imine (C=N–C) groups is 2. The van der Waals surface area contributed by atoms with E-state index in [1.807, 2.05) is 11.9 Å². The first-order valence-corrected chi connectivity index (χ1v) is 11.0. The number of allylic oxidation sites excluding steroid dienone is 2. The van der Waals surface area contributed by atoms with Crippen LogP contribution in [0.15, 0.2) is 33.7 Å². The van der Waals surface area contributed by atoms with Crippen LogP contribution in [0.3, 0.4) is 0 Å². The molecule has 28 heavy (non-hydrogen) atoms. The number of hydrogen-bond donors (Lipinski definition) is 1. The number of hydrogen-bond acceptors (Lipinski definition) is 5. The van der Waals surface area contributed by atoms with Crippen molar-refractivity contribution in [3.63, 3.8) is 0 Å². The van der Waals surface area contributed by atoms with Gasteiger partial charge in [0, 0.05) is 11.8 Å². The smallest absolute Gasteiger partial charge is 0.241 e. The second-order valence-electron chi connectivity index (χ2n) is 7.99. The highest BCUT2D eigenvalue weighted by atomic mass is 32.2. The van der Waals surface area contributed by atoms with Crippen LogP contribution in [-0.4, -0.2) is 65.7 Å². The van der Waals surface area contributed by atoms with Crippen molar-refractivity contribution in [3.05, 3.63) is 23.7 Å². The summed E-state index contributed by atoms with van der Waals surface area (Å²) in [4.78, 5) is 23.5. The van der Waals surface area contributed by atoms with E-state index in [0.29, 0.717) is 29.5 Å². The molecule has 0 aromatic rings. The molecular formula is C20H26F2N4OS. The third-order valence-electron chi connectivity index (χ3n) is 5.72. The molecule has 1 amide bonds. The maximum atomic E-state index is 14.5. The summed E-state index contributed by atoms with van der Waals surface area (Å²) in [6, 6.07) is 0.231. The van der Waals surface area contributed by atoms with Crippen molar-refractivity contribution >= 4 is 29.2 Å². The lowest BCUT2D eigenvalue weighted by Gasteiger charge is -2.32. The van der Waals surface area contributed by atoms with Crippen molar-refractivity contribution in [1.29, 1.82) is 0 Å². The molecule has 1 N–H and O–H groups in total. The number of likely N-dealkylation sites (tertiary alicyclic amines) is 1. The number of nitrogens with zero attached hydrogens (tertiary/aromatic N) is 3. The van der Waals surface area contributed by atoms with E-state index >= 15 is 0 Å². The third kappa shape index (κ3) is 4.38. The normalized spacial score (nSPS) is 33.2. The Morgan fingerprint density at radius 2 is 2.11 bits per heavy atom. The van der Waals surface area contributed by atoms with Gasteiger partial charge in [0.2, 0.25) is 5.91 Å². The zero-order valence-corrected chi connectivity index (χ0v) is 16.9. The molecule has 152 valence electrons. The van der Waals surface area contributed by atoms with Gasteiger partial charge in [-0.25, -0.2) is 13.8 Å². The van der Waals surface area contributed by atoms with E-state index in [1.54, 1.807) is 6.08 Å². The van der Waals surface area contributed by atoms with Gasteiger partial charge < -0.3 is 10.2 Å². The Labute approximate surface area is 168 Å². The summed E-state index contributed by atoms with van der Waals surface area (Å²) in [5, 5.41) is 2.59. The predicted molar refractivity (Wildman–Crippen MR) is 109 cm³/mol. The molecule has 5 nitrogen and oxygen atoms in total. The Bertz CT molecular complexity index is 757. The number of nitrogens with one attached hydrogen (secondary N) is 1. The largest absolute Gasteiger partial charge is 0.313 e. The Morgan fingerprint density at radius 3 is 2.86 bits per heavy atom. The van der Waals surface area contributed by atoms with Crippen LogP contribution >= 0.6 is 11.8 Å². The lowest BCUT2D eigenvalue weighted by molar-refractivity contribution is -0.122. The summed E-state index contributed by atoms with van der Waals surface area (Å²) in [7, 11) is 1.92. The number of thioether (sulfide) groups is 1. The molecule has 0 bridgehead atoms. The Kier molecular flexibility index (Phi) is 5.96. The molecule has 2 aliphatic carbocycles. The highest BCUT2D eigenvalue weighted by molar-refractivity contribution is 8.00. The van der Waals surface area contributed by atoms with Crippen LogP contribution in [0.4, 0.5) is 8.78 Å². The van der Waals surface area contributed by atoms with E-state index in [2.05, 4.69) is 15.3 Å². The van der Waals surface area contributed by atoms with Crippen LogP contribution in [0.2, 0.25) is 0 Å². The fourth-order valence-electron chi connectivity index (χ4n) is 4.19. The van der Waals surface area contributed by atoms with E-state index in [0.717, 1.165) is 38.6 Å². The summed E-state index contributed by atoms with van der Waals surface area (Å²) < 4.78 is 28.8. The van der Waals surface area contributed by atoms with Crippen molar-refractivity contribution in [2.45, 2.75) is 49.6 Å². The van der Waals surface area contributed by atoms with Gasteiger partial charge in [-0.15, -0.1) is 11.8 Å². The molecule has 8 heteroatoms. The number of alkyl halides is 1. The van der Waals surface area contributed by atoms with Gasteiger partial charge in [0.05, 0.1) is 23.2 Å². The molecule has 0 aromatic carbocycles. The number of amides is 1. The molecule has 0 aromatic heterocycles. The molecule has 4 aliphatic rings. The second-order valence-corrected chi connectivity index (χ2v) is 9.22. The Balaban J connectivity index is 1.47. The standard InChI is InChI=1S/C20H26F2N4OS/c1-26-7-6-17(15(22)10-26)28-11-18-24-16-9-13(23-12-4-2-3-5-12)8-14(21)19(16)20(27)25-18/h8-9,12,15,17,19H,2-7,10-11H2,1H3,(H,24,25,27)/t15-,17-,19?/m0/s1. The first-order chi connectivity index (χ1) is 13.5. The maximum Gasteiger partial charge on any atom is 0.241 e. The number of piperidine rings is 1. The topological polar surface area (TPSA) is 57.1 Å². The molecular weight excluding hydrogens is 382 g/mol. The van der Waals surface area contributed by atoms with Crippen molar-refractivity contribution in [2.24, 2.45) is 15.9 Å². The number of carbonyl (C=O) groups is 1. The minimum atomic E-state index is -0.992. The van der Waals surface area contributed by atoms with Crippen molar-refractivity contribution in [1.82, 2.24) is 10.2 Å². The Morgan fingerprint density at radius 1 is 1.32 bits per heavy atom. The van der Waals surface area contributed by atoms with E-state index in [9.17, 15) is 13.6 Å². The van der Waals surface area contributed by atoms with Crippen LogP contribution in [0, 0.1) is 5.92 Å². The molecule has 2 aliphatic heterocycles. The number of fused-ring (bicyclic) bond motifs is 1. The molecule has 1 saturated carbocycles. The van der Waals surface area contributed by atoms with E-state index in [1.165, 1.54) is 17.8 Å².